The molecule has 1 heterocycles. The highest BCUT2D eigenvalue weighted by Crippen LogP contribution is 2.48. The van der Waals surface area contributed by atoms with Crippen molar-refractivity contribution in [3.8, 4) is 0 Å². The van der Waals surface area contributed by atoms with E-state index in [1.807, 2.05) is 0 Å². The molecule has 0 saturated heterocycles. The van der Waals surface area contributed by atoms with E-state index in [1.54, 1.807) is 13.1 Å². The average Bonchev–Trinajstić information content (AvgIpc) is 2.91. The van der Waals surface area contributed by atoms with E-state index in [1.165, 1.54) is 6.20 Å². The largest absolute Gasteiger partial charge is 0.346 e. The van der Waals surface area contributed by atoms with Gasteiger partial charge in [-0.1, -0.05) is 0 Å². The van der Waals surface area contributed by atoms with Crippen LogP contribution in [0.2, 0.25) is 0 Å². The van der Waals surface area contributed by atoms with E-state index < -0.39 is 28.6 Å². The van der Waals surface area contributed by atoms with Crippen LogP contribution in [0.3, 0.4) is 0 Å². The number of rotatable bonds is 4. The van der Waals surface area contributed by atoms with Crippen LogP contribution in [0.25, 0.3) is 0 Å². The number of halogens is 2. The number of fused-ring (bicyclic) bond motifs is 2. The smallest absolute Gasteiger partial charge is 0.271 e. The number of carbonyl (C=O) groups excluding carboxylic acids is 2. The molecule has 2 saturated carbocycles. The van der Waals surface area contributed by atoms with Crippen molar-refractivity contribution in [2.75, 3.05) is 0 Å². The SMILES string of the molecule is Cc1cncc(C(=O)NC23CCCC(NC(=O)c4ccc(F)cc4F)(CC2)C3)n1. The molecule has 2 aliphatic rings. The van der Waals surface area contributed by atoms with Gasteiger partial charge in [0.1, 0.15) is 17.3 Å². The molecule has 2 aliphatic carbocycles. The molecule has 29 heavy (non-hydrogen) atoms. The van der Waals surface area contributed by atoms with Gasteiger partial charge in [0.15, 0.2) is 0 Å². The molecule has 1 aromatic heterocycles. The first kappa shape index (κ1) is 19.4. The number of hydrogen-bond acceptors (Lipinski definition) is 4. The number of carbonyl (C=O) groups is 2. The molecule has 2 atom stereocenters. The van der Waals surface area contributed by atoms with Gasteiger partial charge in [-0.3, -0.25) is 14.6 Å². The van der Waals surface area contributed by atoms with Crippen LogP contribution in [0.5, 0.6) is 0 Å². The van der Waals surface area contributed by atoms with Crippen molar-refractivity contribution in [1.29, 1.82) is 0 Å². The predicted octanol–water partition coefficient (Wildman–Crippen LogP) is 3.07. The first-order chi connectivity index (χ1) is 13.8. The van der Waals surface area contributed by atoms with Crippen molar-refractivity contribution in [3.05, 3.63) is 59.2 Å². The lowest BCUT2D eigenvalue weighted by Gasteiger charge is -2.40. The Labute approximate surface area is 167 Å². The molecular formula is C21H22F2N4O2. The van der Waals surface area contributed by atoms with Gasteiger partial charge in [0.25, 0.3) is 11.8 Å². The van der Waals surface area contributed by atoms with Crippen molar-refractivity contribution in [1.82, 2.24) is 20.6 Å². The van der Waals surface area contributed by atoms with Gasteiger partial charge in [-0.15, -0.1) is 0 Å². The number of benzene rings is 1. The van der Waals surface area contributed by atoms with Crippen LogP contribution in [0, 0.1) is 18.6 Å². The predicted molar refractivity (Wildman–Crippen MR) is 101 cm³/mol. The lowest BCUT2D eigenvalue weighted by Crippen LogP contribution is -2.55. The Balaban J connectivity index is 1.49. The van der Waals surface area contributed by atoms with E-state index in [0.717, 1.165) is 31.4 Å². The normalized spacial score (nSPS) is 25.5. The molecule has 4 rings (SSSR count). The molecule has 8 heteroatoms. The topological polar surface area (TPSA) is 84.0 Å². The Hall–Kier alpha value is -2.90. The van der Waals surface area contributed by atoms with Gasteiger partial charge in [0.05, 0.1) is 17.5 Å². The summed E-state index contributed by atoms with van der Waals surface area (Å²) in [7, 11) is 0. The summed E-state index contributed by atoms with van der Waals surface area (Å²) < 4.78 is 27.1. The molecule has 152 valence electrons. The second kappa shape index (κ2) is 7.17. The summed E-state index contributed by atoms with van der Waals surface area (Å²) in [6.45, 7) is 1.77. The minimum absolute atomic E-state index is 0.178. The molecule has 0 radical (unpaired) electrons. The standard InChI is InChI=1S/C21H22F2N4O2/c1-13-10-24-11-17(25-13)19(29)27-21-6-2-5-20(12-21,7-8-21)26-18(28)15-4-3-14(22)9-16(15)23/h3-4,9-11H,2,5-8,12H2,1H3,(H,26,28)(H,27,29). The van der Waals surface area contributed by atoms with Gasteiger partial charge in [-0.25, -0.2) is 13.8 Å². The molecule has 1 aromatic carbocycles. The monoisotopic (exact) mass is 400 g/mol. The molecule has 2 amide bonds. The summed E-state index contributed by atoms with van der Waals surface area (Å²) in [4.78, 5) is 33.6. The van der Waals surface area contributed by atoms with Crippen LogP contribution in [0.15, 0.2) is 30.6 Å². The number of amides is 2. The molecule has 0 aliphatic heterocycles. The minimum Gasteiger partial charge on any atom is -0.346 e. The van der Waals surface area contributed by atoms with Crippen LogP contribution >= 0.6 is 0 Å². The summed E-state index contributed by atoms with van der Waals surface area (Å²) in [5.74, 6) is -2.45. The van der Waals surface area contributed by atoms with Crippen molar-refractivity contribution in [2.24, 2.45) is 0 Å². The van der Waals surface area contributed by atoms with Crippen molar-refractivity contribution in [3.63, 3.8) is 0 Å². The second-order valence-electron chi connectivity index (χ2n) is 8.17. The third kappa shape index (κ3) is 3.83. The molecular weight excluding hydrogens is 378 g/mol. The highest BCUT2D eigenvalue weighted by Gasteiger charge is 2.52. The maximum absolute atomic E-state index is 14.0. The Kier molecular flexibility index (Phi) is 4.80. The van der Waals surface area contributed by atoms with E-state index in [4.69, 9.17) is 0 Å². The highest BCUT2D eigenvalue weighted by atomic mass is 19.1. The third-order valence-corrected chi connectivity index (χ3v) is 5.99. The number of aryl methyl sites for hydroxylation is 1. The molecule has 0 spiro atoms. The first-order valence-electron chi connectivity index (χ1n) is 9.69. The number of aromatic nitrogens is 2. The Morgan fingerprint density at radius 3 is 2.34 bits per heavy atom. The summed E-state index contributed by atoms with van der Waals surface area (Å²) in [5.41, 5.74) is -0.201. The maximum atomic E-state index is 14.0. The lowest BCUT2D eigenvalue weighted by molar-refractivity contribution is 0.0827. The van der Waals surface area contributed by atoms with E-state index >= 15 is 0 Å². The van der Waals surface area contributed by atoms with Gasteiger partial charge in [-0.2, -0.15) is 0 Å². The molecule has 2 fully saturated rings. The summed E-state index contributed by atoms with van der Waals surface area (Å²) in [6, 6.07) is 2.92. The van der Waals surface area contributed by atoms with Crippen molar-refractivity contribution in [2.45, 2.75) is 56.5 Å². The minimum atomic E-state index is -0.884. The van der Waals surface area contributed by atoms with Gasteiger partial charge in [0, 0.05) is 23.3 Å². The molecule has 2 bridgehead atoms. The molecule has 2 unspecified atom stereocenters. The zero-order chi connectivity index (χ0) is 20.6. The fraction of sp³-hybridized carbons (Fsp3) is 0.429. The Morgan fingerprint density at radius 2 is 1.69 bits per heavy atom. The van der Waals surface area contributed by atoms with Crippen molar-refractivity contribution < 1.29 is 18.4 Å². The summed E-state index contributed by atoms with van der Waals surface area (Å²) >= 11 is 0. The van der Waals surface area contributed by atoms with E-state index in [2.05, 4.69) is 20.6 Å². The highest BCUT2D eigenvalue weighted by molar-refractivity contribution is 5.95. The molecule has 2 N–H and O–H groups in total. The van der Waals surface area contributed by atoms with Gasteiger partial charge < -0.3 is 10.6 Å². The average molecular weight is 400 g/mol. The van der Waals surface area contributed by atoms with Gasteiger partial charge in [-0.05, 0) is 57.6 Å². The second-order valence-corrected chi connectivity index (χ2v) is 8.17. The summed E-state index contributed by atoms with van der Waals surface area (Å²) in [5, 5.41) is 6.07. The van der Waals surface area contributed by atoms with Crippen molar-refractivity contribution >= 4 is 11.8 Å². The number of hydrogen-bond donors (Lipinski definition) is 2. The van der Waals surface area contributed by atoms with E-state index in [9.17, 15) is 18.4 Å². The van der Waals surface area contributed by atoms with Crippen LogP contribution in [-0.2, 0) is 0 Å². The number of nitrogens with zero attached hydrogens (tertiary/aromatic N) is 2. The van der Waals surface area contributed by atoms with Gasteiger partial charge in [0.2, 0.25) is 0 Å². The zero-order valence-electron chi connectivity index (χ0n) is 16.1. The Morgan fingerprint density at radius 1 is 1.00 bits per heavy atom. The molecule has 2 aromatic rings. The van der Waals surface area contributed by atoms with E-state index in [-0.39, 0.29) is 17.2 Å². The van der Waals surface area contributed by atoms with Crippen LogP contribution in [0.1, 0.15) is 65.1 Å². The zero-order valence-corrected chi connectivity index (χ0v) is 16.1. The lowest BCUT2D eigenvalue weighted by atomic mass is 9.78. The fourth-order valence-electron chi connectivity index (χ4n) is 4.69. The van der Waals surface area contributed by atoms with Gasteiger partial charge >= 0.3 is 0 Å². The van der Waals surface area contributed by atoms with Crippen LogP contribution < -0.4 is 10.6 Å². The summed E-state index contributed by atoms with van der Waals surface area (Å²) in [6.07, 6.45) is 7.37. The fourth-order valence-corrected chi connectivity index (χ4v) is 4.69. The molecule has 6 nitrogen and oxygen atoms in total. The third-order valence-electron chi connectivity index (χ3n) is 5.99. The quantitative estimate of drug-likeness (QED) is 0.826. The van der Waals surface area contributed by atoms with E-state index in [0.29, 0.717) is 31.0 Å². The maximum Gasteiger partial charge on any atom is 0.271 e. The number of nitrogens with one attached hydrogen (secondary N) is 2. The first-order valence-corrected chi connectivity index (χ1v) is 9.69. The van der Waals surface area contributed by atoms with Crippen LogP contribution in [0.4, 0.5) is 8.78 Å². The Bertz CT molecular complexity index is 983. The van der Waals surface area contributed by atoms with Crippen LogP contribution in [-0.4, -0.2) is 32.9 Å².